The number of sulfonamides is 1. The van der Waals surface area contributed by atoms with Gasteiger partial charge in [-0.05, 0) is 87.6 Å². The van der Waals surface area contributed by atoms with Gasteiger partial charge in [0.25, 0.3) is 0 Å². The summed E-state index contributed by atoms with van der Waals surface area (Å²) in [6, 6.07) is 7.29. The predicted molar refractivity (Wildman–Crippen MR) is 104 cm³/mol. The highest BCUT2D eigenvalue weighted by Gasteiger charge is 2.26. The van der Waals surface area contributed by atoms with Crippen LogP contribution in [0, 0.1) is 5.92 Å². The summed E-state index contributed by atoms with van der Waals surface area (Å²) in [6.07, 6.45) is 6.39. The quantitative estimate of drug-likeness (QED) is 0.661. The van der Waals surface area contributed by atoms with Crippen LogP contribution in [-0.4, -0.2) is 38.6 Å². The number of piperidine rings is 1. The van der Waals surface area contributed by atoms with Crippen molar-refractivity contribution in [1.82, 2.24) is 10.0 Å². The van der Waals surface area contributed by atoms with Crippen LogP contribution < -0.4 is 10.0 Å². The van der Waals surface area contributed by atoms with Crippen LogP contribution in [0.5, 0.6) is 0 Å². The van der Waals surface area contributed by atoms with Crippen molar-refractivity contribution in [1.29, 1.82) is 0 Å². The summed E-state index contributed by atoms with van der Waals surface area (Å²) in [5.41, 5.74) is 1.22. The standard InChI is InChI=1S/C20H30N2O4S/c23-20(24)10-3-15-1-6-18(7-2-15)22-27(25,26)19-8-4-16(5-9-19)17-11-13-21-14-12-17/h4-5,8-9,15,17-18,21-22H,1-3,6-7,10-14H2,(H,23,24). The van der Waals surface area contributed by atoms with Crippen LogP contribution in [0.25, 0.3) is 0 Å². The van der Waals surface area contributed by atoms with Gasteiger partial charge >= 0.3 is 5.97 Å². The summed E-state index contributed by atoms with van der Waals surface area (Å²) in [4.78, 5) is 11.0. The number of hydrogen-bond donors (Lipinski definition) is 3. The van der Waals surface area contributed by atoms with Gasteiger partial charge in [0.2, 0.25) is 10.0 Å². The highest BCUT2D eigenvalue weighted by Crippen LogP contribution is 2.29. The van der Waals surface area contributed by atoms with Gasteiger partial charge < -0.3 is 10.4 Å². The second kappa shape index (κ2) is 9.17. The van der Waals surface area contributed by atoms with Crippen LogP contribution in [0.15, 0.2) is 29.2 Å². The second-order valence-electron chi connectivity index (χ2n) is 7.86. The van der Waals surface area contributed by atoms with Gasteiger partial charge in [-0.2, -0.15) is 0 Å². The van der Waals surface area contributed by atoms with Gasteiger partial charge in [0.15, 0.2) is 0 Å². The van der Waals surface area contributed by atoms with Gasteiger partial charge in [-0.25, -0.2) is 13.1 Å². The Balaban J connectivity index is 1.53. The summed E-state index contributed by atoms with van der Waals surface area (Å²) in [5, 5.41) is 12.1. The molecule has 0 bridgehead atoms. The number of rotatable bonds is 7. The summed E-state index contributed by atoms with van der Waals surface area (Å²) < 4.78 is 28.2. The zero-order valence-corrected chi connectivity index (χ0v) is 16.5. The topological polar surface area (TPSA) is 95.5 Å². The van der Waals surface area contributed by atoms with E-state index in [4.69, 9.17) is 5.11 Å². The fourth-order valence-corrected chi connectivity index (χ4v) is 5.56. The van der Waals surface area contributed by atoms with Crippen molar-refractivity contribution in [2.24, 2.45) is 5.92 Å². The molecular weight excluding hydrogens is 364 g/mol. The van der Waals surface area contributed by atoms with Gasteiger partial charge in [0, 0.05) is 12.5 Å². The average Bonchev–Trinajstić information content (AvgIpc) is 2.68. The molecule has 0 unspecified atom stereocenters. The number of carboxylic acid groups (broad SMARTS) is 1. The Morgan fingerprint density at radius 2 is 1.67 bits per heavy atom. The first-order valence-corrected chi connectivity index (χ1v) is 11.5. The zero-order chi connectivity index (χ0) is 19.3. The molecule has 6 nitrogen and oxygen atoms in total. The molecule has 0 spiro atoms. The highest BCUT2D eigenvalue weighted by molar-refractivity contribution is 7.89. The lowest BCUT2D eigenvalue weighted by atomic mass is 9.84. The van der Waals surface area contributed by atoms with E-state index in [9.17, 15) is 13.2 Å². The Morgan fingerprint density at radius 3 is 2.26 bits per heavy atom. The third-order valence-electron chi connectivity index (χ3n) is 5.94. The van der Waals surface area contributed by atoms with E-state index in [0.717, 1.165) is 51.6 Å². The molecular formula is C20H30N2O4S. The number of hydrogen-bond acceptors (Lipinski definition) is 4. The Kier molecular flexibility index (Phi) is 6.89. The Labute approximate surface area is 161 Å². The maximum absolute atomic E-state index is 12.7. The molecule has 1 saturated carbocycles. The van der Waals surface area contributed by atoms with E-state index in [-0.39, 0.29) is 12.5 Å². The van der Waals surface area contributed by atoms with E-state index in [1.54, 1.807) is 12.1 Å². The monoisotopic (exact) mass is 394 g/mol. The van der Waals surface area contributed by atoms with Crippen molar-refractivity contribution >= 4 is 16.0 Å². The minimum absolute atomic E-state index is 0.0554. The van der Waals surface area contributed by atoms with Crippen LogP contribution in [-0.2, 0) is 14.8 Å². The molecule has 2 aliphatic rings. The highest BCUT2D eigenvalue weighted by atomic mass is 32.2. The Morgan fingerprint density at radius 1 is 1.04 bits per heavy atom. The summed E-state index contributed by atoms with van der Waals surface area (Å²) in [6.45, 7) is 2.03. The molecule has 1 heterocycles. The van der Waals surface area contributed by atoms with Crippen molar-refractivity contribution in [3.63, 3.8) is 0 Å². The Bertz CT molecular complexity index is 719. The molecule has 1 aromatic rings. The maximum atomic E-state index is 12.7. The molecule has 1 aliphatic heterocycles. The summed E-state index contributed by atoms with van der Waals surface area (Å²) in [7, 11) is -3.51. The van der Waals surface area contributed by atoms with Crippen molar-refractivity contribution < 1.29 is 18.3 Å². The zero-order valence-electron chi connectivity index (χ0n) is 15.7. The first kappa shape index (κ1) is 20.3. The average molecular weight is 395 g/mol. The van der Waals surface area contributed by atoms with Crippen LogP contribution in [0.3, 0.4) is 0 Å². The maximum Gasteiger partial charge on any atom is 0.303 e. The van der Waals surface area contributed by atoms with Crippen molar-refractivity contribution in [3.8, 4) is 0 Å². The number of carbonyl (C=O) groups is 1. The SMILES string of the molecule is O=C(O)CCC1CCC(NS(=O)(=O)c2ccc(C3CCNCC3)cc2)CC1. The normalized spacial score (nSPS) is 24.6. The van der Waals surface area contributed by atoms with Crippen molar-refractivity contribution in [3.05, 3.63) is 29.8 Å². The lowest BCUT2D eigenvalue weighted by Crippen LogP contribution is -2.37. The van der Waals surface area contributed by atoms with Gasteiger partial charge in [-0.15, -0.1) is 0 Å². The van der Waals surface area contributed by atoms with E-state index >= 15 is 0 Å². The number of aliphatic carboxylic acids is 1. The lowest BCUT2D eigenvalue weighted by molar-refractivity contribution is -0.137. The molecule has 0 aromatic heterocycles. The largest absolute Gasteiger partial charge is 0.481 e. The molecule has 0 atom stereocenters. The van der Waals surface area contributed by atoms with Crippen LogP contribution in [0.2, 0.25) is 0 Å². The second-order valence-corrected chi connectivity index (χ2v) is 9.58. The first-order chi connectivity index (χ1) is 12.9. The minimum atomic E-state index is -3.51. The molecule has 0 amide bonds. The van der Waals surface area contributed by atoms with Crippen LogP contribution in [0.4, 0.5) is 0 Å². The molecule has 27 heavy (non-hydrogen) atoms. The first-order valence-electron chi connectivity index (χ1n) is 9.99. The molecule has 3 N–H and O–H groups in total. The molecule has 2 fully saturated rings. The third-order valence-corrected chi connectivity index (χ3v) is 7.47. The van der Waals surface area contributed by atoms with Crippen LogP contribution >= 0.6 is 0 Å². The third kappa shape index (κ3) is 5.77. The van der Waals surface area contributed by atoms with E-state index in [0.29, 0.717) is 23.2 Å². The van der Waals surface area contributed by atoms with Gasteiger partial charge in [0.1, 0.15) is 0 Å². The fourth-order valence-electron chi connectivity index (χ4n) is 4.26. The number of carboxylic acids is 1. The Hall–Kier alpha value is -1.44. The molecule has 0 radical (unpaired) electrons. The lowest BCUT2D eigenvalue weighted by Gasteiger charge is -2.28. The fraction of sp³-hybridized carbons (Fsp3) is 0.650. The summed E-state index contributed by atoms with van der Waals surface area (Å²) in [5.74, 6) is 0.147. The van der Waals surface area contributed by atoms with E-state index in [1.165, 1.54) is 5.56 Å². The summed E-state index contributed by atoms with van der Waals surface area (Å²) >= 11 is 0. The predicted octanol–water partition coefficient (Wildman–Crippen LogP) is 2.86. The van der Waals surface area contributed by atoms with E-state index in [1.807, 2.05) is 12.1 Å². The van der Waals surface area contributed by atoms with E-state index < -0.39 is 16.0 Å². The molecule has 7 heteroatoms. The van der Waals surface area contributed by atoms with Gasteiger partial charge in [0.05, 0.1) is 4.90 Å². The van der Waals surface area contributed by atoms with Gasteiger partial charge in [-0.3, -0.25) is 4.79 Å². The minimum Gasteiger partial charge on any atom is -0.481 e. The molecule has 1 saturated heterocycles. The van der Waals surface area contributed by atoms with Crippen LogP contribution in [0.1, 0.15) is 62.8 Å². The number of nitrogens with one attached hydrogen (secondary N) is 2. The van der Waals surface area contributed by atoms with Gasteiger partial charge in [-0.1, -0.05) is 12.1 Å². The molecule has 3 rings (SSSR count). The van der Waals surface area contributed by atoms with Crippen molar-refractivity contribution in [2.45, 2.75) is 68.2 Å². The molecule has 1 aromatic carbocycles. The molecule has 1 aliphatic carbocycles. The van der Waals surface area contributed by atoms with E-state index in [2.05, 4.69) is 10.0 Å². The van der Waals surface area contributed by atoms with Crippen molar-refractivity contribution in [2.75, 3.05) is 13.1 Å². The number of benzene rings is 1. The molecule has 150 valence electrons. The smallest absolute Gasteiger partial charge is 0.303 e.